The number of rotatable bonds is 7. The standard InChI is InChI=1S/C23H23FN4OS/c1-4-27-13-18(16-9-6-8-12-20(16)27)21(29)14-30-23-26-25-22(28(23)15(2)3)17-10-5-7-11-19(17)24/h5-13,15H,4,14H2,1-3H3. The summed E-state index contributed by atoms with van der Waals surface area (Å²) in [4.78, 5) is 13.0. The number of hydrogen-bond donors (Lipinski definition) is 0. The first-order valence-electron chi connectivity index (χ1n) is 9.95. The third kappa shape index (κ3) is 3.65. The van der Waals surface area contributed by atoms with Gasteiger partial charge in [0.15, 0.2) is 16.8 Å². The Bertz CT molecular complexity index is 1210. The van der Waals surface area contributed by atoms with Crippen molar-refractivity contribution in [1.29, 1.82) is 0 Å². The highest BCUT2D eigenvalue weighted by Crippen LogP contribution is 2.30. The van der Waals surface area contributed by atoms with Crippen LogP contribution in [0, 0.1) is 5.82 Å². The van der Waals surface area contributed by atoms with Crippen LogP contribution in [0.2, 0.25) is 0 Å². The average Bonchev–Trinajstić information content (AvgIpc) is 3.34. The Balaban J connectivity index is 1.62. The first kappa shape index (κ1) is 20.3. The Hall–Kier alpha value is -2.93. The largest absolute Gasteiger partial charge is 0.347 e. The maximum Gasteiger partial charge on any atom is 0.192 e. The zero-order valence-electron chi connectivity index (χ0n) is 17.2. The van der Waals surface area contributed by atoms with Crippen molar-refractivity contribution < 1.29 is 9.18 Å². The molecule has 30 heavy (non-hydrogen) atoms. The Kier molecular flexibility index (Phi) is 5.72. The number of carbonyl (C=O) groups is 1. The van der Waals surface area contributed by atoms with Crippen molar-refractivity contribution in [3.63, 3.8) is 0 Å². The maximum atomic E-state index is 14.3. The number of carbonyl (C=O) groups excluding carboxylic acids is 1. The lowest BCUT2D eigenvalue weighted by Crippen LogP contribution is -2.08. The number of aromatic nitrogens is 4. The van der Waals surface area contributed by atoms with Gasteiger partial charge in [0.05, 0.1) is 11.3 Å². The second kappa shape index (κ2) is 8.44. The van der Waals surface area contributed by atoms with Gasteiger partial charge in [-0.25, -0.2) is 4.39 Å². The minimum Gasteiger partial charge on any atom is -0.347 e. The van der Waals surface area contributed by atoms with Crippen LogP contribution < -0.4 is 0 Å². The third-order valence-corrected chi connectivity index (χ3v) is 6.00. The lowest BCUT2D eigenvalue weighted by Gasteiger charge is -2.14. The Morgan fingerprint density at radius 2 is 1.83 bits per heavy atom. The molecule has 2 aromatic carbocycles. The fraction of sp³-hybridized carbons (Fsp3) is 0.261. The molecule has 4 aromatic rings. The molecule has 5 nitrogen and oxygen atoms in total. The molecule has 0 aliphatic heterocycles. The summed E-state index contributed by atoms with van der Waals surface area (Å²) in [6.45, 7) is 6.85. The van der Waals surface area contributed by atoms with Gasteiger partial charge < -0.3 is 4.57 Å². The van der Waals surface area contributed by atoms with Gasteiger partial charge in [0.2, 0.25) is 0 Å². The summed E-state index contributed by atoms with van der Waals surface area (Å²) in [6, 6.07) is 14.5. The number of nitrogens with zero attached hydrogens (tertiary/aromatic N) is 4. The summed E-state index contributed by atoms with van der Waals surface area (Å²) >= 11 is 1.33. The summed E-state index contributed by atoms with van der Waals surface area (Å²) in [6.07, 6.45) is 1.92. The molecule has 0 atom stereocenters. The molecular formula is C23H23FN4OS. The number of fused-ring (bicyclic) bond motifs is 1. The zero-order chi connectivity index (χ0) is 21.3. The van der Waals surface area contributed by atoms with E-state index in [1.54, 1.807) is 18.2 Å². The van der Waals surface area contributed by atoms with Gasteiger partial charge in [0.25, 0.3) is 0 Å². The quantitative estimate of drug-likeness (QED) is 0.287. The van der Waals surface area contributed by atoms with Crippen molar-refractivity contribution >= 4 is 28.4 Å². The summed E-state index contributed by atoms with van der Waals surface area (Å²) in [5.74, 6) is 0.404. The summed E-state index contributed by atoms with van der Waals surface area (Å²) in [5, 5.41) is 10.0. The molecular weight excluding hydrogens is 399 g/mol. The lowest BCUT2D eigenvalue weighted by atomic mass is 10.1. The van der Waals surface area contributed by atoms with E-state index in [1.807, 2.05) is 48.9 Å². The predicted molar refractivity (Wildman–Crippen MR) is 118 cm³/mol. The van der Waals surface area contributed by atoms with Crippen molar-refractivity contribution in [1.82, 2.24) is 19.3 Å². The maximum absolute atomic E-state index is 14.3. The van der Waals surface area contributed by atoms with Crippen molar-refractivity contribution in [2.24, 2.45) is 0 Å². The monoisotopic (exact) mass is 422 g/mol. The van der Waals surface area contributed by atoms with Crippen LogP contribution in [-0.2, 0) is 6.54 Å². The van der Waals surface area contributed by atoms with Crippen LogP contribution in [-0.4, -0.2) is 30.9 Å². The molecule has 0 spiro atoms. The van der Waals surface area contributed by atoms with Crippen LogP contribution in [0.15, 0.2) is 59.9 Å². The molecule has 0 radical (unpaired) electrons. The van der Waals surface area contributed by atoms with Gasteiger partial charge >= 0.3 is 0 Å². The smallest absolute Gasteiger partial charge is 0.192 e. The molecule has 0 saturated carbocycles. The first-order valence-corrected chi connectivity index (χ1v) is 10.9. The summed E-state index contributed by atoms with van der Waals surface area (Å²) in [5.41, 5.74) is 2.17. The van der Waals surface area contributed by atoms with Crippen LogP contribution >= 0.6 is 11.8 Å². The first-order chi connectivity index (χ1) is 14.5. The molecule has 0 unspecified atom stereocenters. The number of halogens is 1. The summed E-state index contributed by atoms with van der Waals surface area (Å²) in [7, 11) is 0. The normalized spacial score (nSPS) is 11.5. The van der Waals surface area contributed by atoms with E-state index in [2.05, 4.69) is 21.7 Å². The van der Waals surface area contributed by atoms with Crippen molar-refractivity contribution in [3.05, 3.63) is 66.1 Å². The molecule has 154 valence electrons. The third-order valence-electron chi connectivity index (χ3n) is 5.06. The van der Waals surface area contributed by atoms with Crippen molar-refractivity contribution in [2.75, 3.05) is 5.75 Å². The summed E-state index contributed by atoms with van der Waals surface area (Å²) < 4.78 is 18.3. The van der Waals surface area contributed by atoms with Gasteiger partial charge in [-0.3, -0.25) is 9.36 Å². The molecule has 0 bridgehead atoms. The molecule has 2 aromatic heterocycles. The number of ketones is 1. The molecule has 4 rings (SSSR count). The number of thioether (sulfide) groups is 1. The zero-order valence-corrected chi connectivity index (χ0v) is 18.0. The van der Waals surface area contributed by atoms with E-state index in [-0.39, 0.29) is 23.4 Å². The predicted octanol–water partition coefficient (Wildman–Crippen LogP) is 5.61. The topological polar surface area (TPSA) is 52.7 Å². The molecule has 0 N–H and O–H groups in total. The van der Waals surface area contributed by atoms with E-state index in [0.29, 0.717) is 22.1 Å². The minimum absolute atomic E-state index is 0.0224. The number of Topliss-reactive ketones (excluding diaryl/α,β-unsaturated/α-hetero) is 1. The Morgan fingerprint density at radius 1 is 1.10 bits per heavy atom. The second-order valence-electron chi connectivity index (χ2n) is 7.31. The molecule has 2 heterocycles. The van der Waals surface area contributed by atoms with Crippen LogP contribution in [0.4, 0.5) is 4.39 Å². The number of hydrogen-bond acceptors (Lipinski definition) is 4. The van der Waals surface area contributed by atoms with E-state index in [4.69, 9.17) is 0 Å². The number of benzene rings is 2. The highest BCUT2D eigenvalue weighted by Gasteiger charge is 2.21. The molecule has 0 aliphatic rings. The molecule has 0 saturated heterocycles. The lowest BCUT2D eigenvalue weighted by molar-refractivity contribution is 0.102. The minimum atomic E-state index is -0.341. The Labute approximate surface area is 178 Å². The molecule has 0 aliphatic carbocycles. The second-order valence-corrected chi connectivity index (χ2v) is 8.25. The van der Waals surface area contributed by atoms with Gasteiger partial charge in [-0.1, -0.05) is 42.1 Å². The highest BCUT2D eigenvalue weighted by molar-refractivity contribution is 7.99. The number of aryl methyl sites for hydroxylation is 1. The van der Waals surface area contributed by atoms with Crippen LogP contribution in [0.1, 0.15) is 37.2 Å². The molecule has 0 amide bonds. The van der Waals surface area contributed by atoms with E-state index >= 15 is 0 Å². The van der Waals surface area contributed by atoms with Gasteiger partial charge in [-0.05, 0) is 39.0 Å². The van der Waals surface area contributed by atoms with E-state index < -0.39 is 0 Å². The van der Waals surface area contributed by atoms with Gasteiger partial charge in [-0.15, -0.1) is 10.2 Å². The molecule has 7 heteroatoms. The van der Waals surface area contributed by atoms with Crippen molar-refractivity contribution in [2.45, 2.75) is 38.5 Å². The van der Waals surface area contributed by atoms with Gasteiger partial charge in [0.1, 0.15) is 5.82 Å². The Morgan fingerprint density at radius 3 is 2.57 bits per heavy atom. The number of para-hydroxylation sites is 1. The van der Waals surface area contributed by atoms with Gasteiger partial charge in [0, 0.05) is 35.2 Å². The van der Waals surface area contributed by atoms with Crippen molar-refractivity contribution in [3.8, 4) is 11.4 Å². The van der Waals surface area contributed by atoms with Crippen LogP contribution in [0.5, 0.6) is 0 Å². The highest BCUT2D eigenvalue weighted by atomic mass is 32.2. The van der Waals surface area contributed by atoms with E-state index in [9.17, 15) is 9.18 Å². The van der Waals surface area contributed by atoms with Gasteiger partial charge in [-0.2, -0.15) is 0 Å². The molecule has 0 fully saturated rings. The van der Waals surface area contributed by atoms with Crippen LogP contribution in [0.3, 0.4) is 0 Å². The van der Waals surface area contributed by atoms with E-state index in [0.717, 1.165) is 17.4 Å². The SMILES string of the molecule is CCn1cc(C(=O)CSc2nnc(-c3ccccc3F)n2C(C)C)c2ccccc21. The van der Waals surface area contributed by atoms with Crippen LogP contribution in [0.25, 0.3) is 22.3 Å². The fourth-order valence-corrected chi connectivity index (χ4v) is 4.56. The van der Waals surface area contributed by atoms with E-state index in [1.165, 1.54) is 17.8 Å². The average molecular weight is 423 g/mol. The fourth-order valence-electron chi connectivity index (χ4n) is 3.61.